The molecule has 1 aromatic rings. The molecule has 0 atom stereocenters. The highest BCUT2D eigenvalue weighted by Crippen LogP contribution is 2.33. The summed E-state index contributed by atoms with van der Waals surface area (Å²) in [5, 5.41) is 9.35. The molecule has 1 aliphatic carbocycles. The molecule has 3 nitrogen and oxygen atoms in total. The van der Waals surface area contributed by atoms with E-state index in [-0.39, 0.29) is 0 Å². The Balaban J connectivity index is 2.43. The molecule has 0 bridgehead atoms. The Bertz CT molecular complexity index is 647. The first kappa shape index (κ1) is 15.1. The Labute approximate surface area is 125 Å². The molecule has 2 rings (SSSR count). The average molecular weight is 284 g/mol. The smallest absolute Gasteiger partial charge is 0.336 e. The van der Waals surface area contributed by atoms with Gasteiger partial charge in [-0.3, -0.25) is 0 Å². The van der Waals surface area contributed by atoms with Crippen molar-refractivity contribution in [3.8, 4) is 5.75 Å². The van der Waals surface area contributed by atoms with Crippen molar-refractivity contribution in [2.45, 2.75) is 34.1 Å². The van der Waals surface area contributed by atoms with Crippen molar-refractivity contribution in [1.82, 2.24) is 0 Å². The maximum atomic E-state index is 11.4. The molecule has 0 saturated carbocycles. The summed E-state index contributed by atoms with van der Waals surface area (Å²) in [7, 11) is 0. The van der Waals surface area contributed by atoms with Gasteiger partial charge in [0.25, 0.3) is 0 Å². The molecule has 0 radical (unpaired) electrons. The fraction of sp³-hybridized carbons (Fsp3) is 0.278. The van der Waals surface area contributed by atoms with E-state index >= 15 is 0 Å². The van der Waals surface area contributed by atoms with Crippen LogP contribution in [-0.4, -0.2) is 11.1 Å². The average Bonchev–Trinajstić information content (AvgIpc) is 2.46. The molecule has 1 N–H and O–H groups in total. The lowest BCUT2D eigenvalue weighted by Crippen LogP contribution is -2.08. The molecule has 21 heavy (non-hydrogen) atoms. The lowest BCUT2D eigenvalue weighted by Gasteiger charge is -2.17. The molecule has 0 unspecified atom stereocenters. The van der Waals surface area contributed by atoms with Crippen molar-refractivity contribution in [3.63, 3.8) is 0 Å². The lowest BCUT2D eigenvalue weighted by atomic mass is 9.93. The molecular weight excluding hydrogens is 264 g/mol. The molecule has 3 heteroatoms. The molecule has 0 saturated heterocycles. The van der Waals surface area contributed by atoms with Crippen LogP contribution < -0.4 is 4.74 Å². The Morgan fingerprint density at radius 2 is 1.71 bits per heavy atom. The summed E-state index contributed by atoms with van der Waals surface area (Å²) < 4.78 is 5.86. The van der Waals surface area contributed by atoms with E-state index in [9.17, 15) is 9.90 Å². The fourth-order valence-corrected chi connectivity index (χ4v) is 2.53. The first-order valence-electron chi connectivity index (χ1n) is 6.96. The van der Waals surface area contributed by atoms with Crippen LogP contribution in [0.2, 0.25) is 0 Å². The highest BCUT2D eigenvalue weighted by atomic mass is 16.5. The Hall–Kier alpha value is -2.29. The van der Waals surface area contributed by atoms with Gasteiger partial charge in [-0.25, -0.2) is 4.79 Å². The summed E-state index contributed by atoms with van der Waals surface area (Å²) in [6, 6.07) is 0. The zero-order chi connectivity index (χ0) is 15.6. The van der Waals surface area contributed by atoms with E-state index in [1.807, 2.05) is 45.9 Å². The van der Waals surface area contributed by atoms with Gasteiger partial charge >= 0.3 is 5.97 Å². The normalized spacial score (nSPS) is 15.5. The van der Waals surface area contributed by atoms with E-state index in [2.05, 4.69) is 6.08 Å². The van der Waals surface area contributed by atoms with Crippen molar-refractivity contribution >= 4 is 5.97 Å². The zero-order valence-corrected chi connectivity index (χ0v) is 12.9. The van der Waals surface area contributed by atoms with Crippen LogP contribution in [0, 0.1) is 27.7 Å². The van der Waals surface area contributed by atoms with Gasteiger partial charge in [-0.15, -0.1) is 0 Å². The predicted octanol–water partition coefficient (Wildman–Crippen LogP) is 4.40. The van der Waals surface area contributed by atoms with Crippen molar-refractivity contribution in [1.29, 1.82) is 0 Å². The number of allylic oxidation sites excluding steroid dienone is 5. The quantitative estimate of drug-likeness (QED) is 0.837. The van der Waals surface area contributed by atoms with Crippen molar-refractivity contribution in [2.24, 2.45) is 0 Å². The molecule has 1 aromatic carbocycles. The molecule has 110 valence electrons. The summed E-state index contributed by atoms with van der Waals surface area (Å²) in [5.41, 5.74) is 4.75. The number of carbonyl (C=O) groups is 1. The second kappa shape index (κ2) is 6.00. The Kier molecular flexibility index (Phi) is 4.32. The number of hydrogen-bond acceptors (Lipinski definition) is 2. The third-order valence-corrected chi connectivity index (χ3v) is 4.01. The molecule has 0 aliphatic heterocycles. The first-order chi connectivity index (χ1) is 9.93. The van der Waals surface area contributed by atoms with Crippen LogP contribution in [0.15, 0.2) is 36.1 Å². The van der Waals surface area contributed by atoms with E-state index in [4.69, 9.17) is 4.74 Å². The molecular formula is C18H20O3. The van der Waals surface area contributed by atoms with Gasteiger partial charge in [-0.05, 0) is 61.9 Å². The zero-order valence-electron chi connectivity index (χ0n) is 12.9. The van der Waals surface area contributed by atoms with Crippen LogP contribution in [-0.2, 0) is 0 Å². The minimum absolute atomic E-state index is 0.380. The van der Waals surface area contributed by atoms with Gasteiger partial charge in [0.1, 0.15) is 5.75 Å². The summed E-state index contributed by atoms with van der Waals surface area (Å²) in [6.45, 7) is 7.46. The molecule has 0 aromatic heterocycles. The number of aromatic carboxylic acids is 1. The summed E-state index contributed by atoms with van der Waals surface area (Å²) >= 11 is 0. The maximum Gasteiger partial charge on any atom is 0.336 e. The van der Waals surface area contributed by atoms with Crippen LogP contribution in [0.4, 0.5) is 0 Å². The van der Waals surface area contributed by atoms with Crippen LogP contribution in [0.1, 0.15) is 39.0 Å². The van der Waals surface area contributed by atoms with Gasteiger partial charge in [0, 0.05) is 0 Å². The topological polar surface area (TPSA) is 46.5 Å². The monoisotopic (exact) mass is 284 g/mol. The third-order valence-electron chi connectivity index (χ3n) is 4.01. The van der Waals surface area contributed by atoms with Gasteiger partial charge < -0.3 is 9.84 Å². The number of hydrogen-bond donors (Lipinski definition) is 1. The van der Waals surface area contributed by atoms with E-state index in [1.54, 1.807) is 6.26 Å². The second-order valence-corrected chi connectivity index (χ2v) is 5.31. The van der Waals surface area contributed by atoms with E-state index in [1.165, 1.54) is 0 Å². The maximum absolute atomic E-state index is 11.4. The second-order valence-electron chi connectivity index (χ2n) is 5.31. The third kappa shape index (κ3) is 2.92. The van der Waals surface area contributed by atoms with E-state index in [0.717, 1.165) is 40.0 Å². The summed E-state index contributed by atoms with van der Waals surface area (Å²) in [5.74, 6) is -0.132. The van der Waals surface area contributed by atoms with Crippen LogP contribution >= 0.6 is 0 Å². The van der Waals surface area contributed by atoms with E-state index in [0.29, 0.717) is 5.56 Å². The fourth-order valence-electron chi connectivity index (χ4n) is 2.53. The minimum Gasteiger partial charge on any atom is -0.478 e. The molecule has 0 spiro atoms. The lowest BCUT2D eigenvalue weighted by molar-refractivity contribution is 0.0695. The van der Waals surface area contributed by atoms with Gasteiger partial charge in [0.05, 0.1) is 11.8 Å². The Morgan fingerprint density at radius 1 is 1.10 bits per heavy atom. The van der Waals surface area contributed by atoms with Crippen LogP contribution in [0.25, 0.3) is 0 Å². The molecule has 1 aliphatic rings. The van der Waals surface area contributed by atoms with Gasteiger partial charge in [0.2, 0.25) is 0 Å². The van der Waals surface area contributed by atoms with Crippen molar-refractivity contribution in [2.75, 3.05) is 0 Å². The van der Waals surface area contributed by atoms with Gasteiger partial charge in [-0.1, -0.05) is 24.3 Å². The van der Waals surface area contributed by atoms with Crippen molar-refractivity contribution < 1.29 is 14.6 Å². The number of carboxylic acid groups (broad SMARTS) is 1. The highest BCUT2D eigenvalue weighted by molar-refractivity contribution is 5.92. The molecule has 0 heterocycles. The highest BCUT2D eigenvalue weighted by Gasteiger charge is 2.19. The van der Waals surface area contributed by atoms with Crippen LogP contribution in [0.5, 0.6) is 5.75 Å². The number of benzene rings is 1. The number of rotatable bonds is 3. The predicted molar refractivity (Wildman–Crippen MR) is 84.0 cm³/mol. The number of carboxylic acids is 1. The SMILES string of the molecule is Cc1c(C)c(C(=O)O)c(C)c(C)c1O/C=C1\C=CC=CC1. The Morgan fingerprint density at radius 3 is 2.19 bits per heavy atom. The number of ether oxygens (including phenoxy) is 1. The van der Waals surface area contributed by atoms with Crippen molar-refractivity contribution in [3.05, 3.63) is 64.0 Å². The minimum atomic E-state index is -0.888. The molecule has 0 fully saturated rings. The van der Waals surface area contributed by atoms with Gasteiger partial charge in [-0.2, -0.15) is 0 Å². The summed E-state index contributed by atoms with van der Waals surface area (Å²) in [4.78, 5) is 11.4. The van der Waals surface area contributed by atoms with Gasteiger partial charge in [0.15, 0.2) is 0 Å². The van der Waals surface area contributed by atoms with E-state index < -0.39 is 5.97 Å². The molecule has 0 amide bonds. The summed E-state index contributed by atoms with van der Waals surface area (Å²) in [6.07, 6.45) is 10.6. The first-order valence-corrected chi connectivity index (χ1v) is 6.96. The largest absolute Gasteiger partial charge is 0.478 e. The van der Waals surface area contributed by atoms with Crippen LogP contribution in [0.3, 0.4) is 0 Å². The standard InChI is InChI=1S/C18H20O3/c1-11-13(3)17(14(4)12(2)16(11)18(19)20)21-10-15-8-6-5-7-9-15/h5-8,10H,9H2,1-4H3,(H,19,20)/b15-10+.